The van der Waals surface area contributed by atoms with Crippen molar-refractivity contribution in [3.05, 3.63) is 5.82 Å². The normalized spacial score (nSPS) is 10.2. The summed E-state index contributed by atoms with van der Waals surface area (Å²) in [4.78, 5) is 4.13. The highest BCUT2D eigenvalue weighted by Crippen LogP contribution is 2.10. The van der Waals surface area contributed by atoms with E-state index in [9.17, 15) is 0 Å². The van der Waals surface area contributed by atoms with Crippen molar-refractivity contribution in [2.75, 3.05) is 17.6 Å². The van der Waals surface area contributed by atoms with Gasteiger partial charge in [-0.2, -0.15) is 16.7 Å². The third-order valence-electron chi connectivity index (χ3n) is 1.23. The second kappa shape index (κ2) is 5.03. The molecule has 5 heteroatoms. The van der Waals surface area contributed by atoms with Gasteiger partial charge in [-0.1, -0.05) is 12.1 Å². The van der Waals surface area contributed by atoms with Crippen LogP contribution in [0.2, 0.25) is 0 Å². The van der Waals surface area contributed by atoms with Crippen LogP contribution in [0.15, 0.2) is 4.52 Å². The van der Waals surface area contributed by atoms with Crippen LogP contribution in [-0.4, -0.2) is 22.4 Å². The molecule has 0 bridgehead atoms. The lowest BCUT2D eigenvalue weighted by Crippen LogP contribution is -1.96. The van der Waals surface area contributed by atoms with Crippen LogP contribution in [-0.2, 0) is 5.75 Å². The van der Waals surface area contributed by atoms with Gasteiger partial charge in [0.2, 0.25) is 0 Å². The second-order valence-electron chi connectivity index (χ2n) is 2.18. The summed E-state index contributed by atoms with van der Waals surface area (Å²) < 4.78 is 4.92. The minimum atomic E-state index is 0.518. The second-order valence-corrected chi connectivity index (χ2v) is 3.46. The van der Waals surface area contributed by atoms with E-state index in [1.54, 1.807) is 11.8 Å². The summed E-state index contributed by atoms with van der Waals surface area (Å²) in [6.45, 7) is 4.91. The maximum atomic E-state index is 4.92. The molecule has 0 radical (unpaired) electrons. The van der Waals surface area contributed by atoms with Gasteiger partial charge in [0.1, 0.15) is 0 Å². The van der Waals surface area contributed by atoms with E-state index in [0.29, 0.717) is 6.01 Å². The zero-order valence-corrected chi connectivity index (χ0v) is 8.15. The molecular formula is C7H13N3OS. The number of rotatable bonds is 5. The molecule has 1 N–H and O–H groups in total. The van der Waals surface area contributed by atoms with Gasteiger partial charge < -0.3 is 9.84 Å². The average Bonchev–Trinajstić information content (AvgIpc) is 2.50. The van der Waals surface area contributed by atoms with Crippen molar-refractivity contribution in [2.45, 2.75) is 19.6 Å². The Bertz CT molecular complexity index is 226. The number of hydrogen-bond acceptors (Lipinski definition) is 5. The quantitative estimate of drug-likeness (QED) is 0.761. The van der Waals surface area contributed by atoms with Crippen LogP contribution >= 0.6 is 11.8 Å². The molecule has 68 valence electrons. The van der Waals surface area contributed by atoms with E-state index in [4.69, 9.17) is 4.52 Å². The molecule has 0 aliphatic rings. The maximum Gasteiger partial charge on any atom is 0.321 e. The number of nitrogens with one attached hydrogen (secondary N) is 1. The van der Waals surface area contributed by atoms with E-state index in [2.05, 4.69) is 22.4 Å². The highest BCUT2D eigenvalue weighted by Gasteiger charge is 2.03. The molecule has 0 amide bonds. The fourth-order valence-corrected chi connectivity index (χ4v) is 1.23. The van der Waals surface area contributed by atoms with Crippen molar-refractivity contribution in [3.8, 4) is 0 Å². The van der Waals surface area contributed by atoms with Crippen molar-refractivity contribution in [2.24, 2.45) is 0 Å². The van der Waals surface area contributed by atoms with E-state index in [1.807, 2.05) is 6.92 Å². The fraction of sp³-hybridized carbons (Fsp3) is 0.714. The Balaban J connectivity index is 2.41. The molecule has 0 saturated heterocycles. The molecule has 1 aromatic heterocycles. The van der Waals surface area contributed by atoms with Crippen LogP contribution < -0.4 is 5.32 Å². The first-order chi connectivity index (χ1) is 5.86. The van der Waals surface area contributed by atoms with Gasteiger partial charge in [0, 0.05) is 6.54 Å². The molecule has 0 saturated carbocycles. The van der Waals surface area contributed by atoms with Gasteiger partial charge in [0.25, 0.3) is 0 Å². The van der Waals surface area contributed by atoms with Crippen LogP contribution in [0.4, 0.5) is 6.01 Å². The van der Waals surface area contributed by atoms with Gasteiger partial charge in [-0.25, -0.2) is 0 Å². The molecule has 4 nitrogen and oxygen atoms in total. The van der Waals surface area contributed by atoms with Gasteiger partial charge in [-0.3, -0.25) is 0 Å². The highest BCUT2D eigenvalue weighted by atomic mass is 32.2. The van der Waals surface area contributed by atoms with Gasteiger partial charge in [0.15, 0.2) is 5.82 Å². The third kappa shape index (κ3) is 2.73. The zero-order valence-electron chi connectivity index (χ0n) is 7.33. The van der Waals surface area contributed by atoms with Crippen LogP contribution in [0.3, 0.4) is 0 Å². The summed E-state index contributed by atoms with van der Waals surface area (Å²) in [5.74, 6) is 2.66. The molecule has 1 rings (SSSR count). The van der Waals surface area contributed by atoms with Crippen LogP contribution in [0.5, 0.6) is 0 Å². The molecule has 0 aromatic carbocycles. The minimum Gasteiger partial charge on any atom is -0.338 e. The topological polar surface area (TPSA) is 51.0 Å². The smallest absolute Gasteiger partial charge is 0.321 e. The summed E-state index contributed by atoms with van der Waals surface area (Å²) in [5.41, 5.74) is 0. The third-order valence-corrected chi connectivity index (χ3v) is 2.10. The predicted molar refractivity (Wildman–Crippen MR) is 50.3 cm³/mol. The Morgan fingerprint density at radius 2 is 2.33 bits per heavy atom. The first-order valence-electron chi connectivity index (χ1n) is 4.01. The summed E-state index contributed by atoms with van der Waals surface area (Å²) >= 11 is 1.78. The standard InChI is InChI=1S/C7H13N3OS/c1-3-8-7-9-6(10-11-7)5-12-4-2/h3-5H2,1-2H3,(H,8,9,10). The van der Waals surface area contributed by atoms with Gasteiger partial charge in [-0.15, -0.1) is 0 Å². The summed E-state index contributed by atoms with van der Waals surface area (Å²) in [6.07, 6.45) is 0. The Hall–Kier alpha value is -0.710. The Morgan fingerprint density at radius 1 is 1.50 bits per heavy atom. The van der Waals surface area contributed by atoms with Crippen molar-refractivity contribution in [3.63, 3.8) is 0 Å². The Kier molecular flexibility index (Phi) is 3.93. The zero-order chi connectivity index (χ0) is 8.81. The largest absolute Gasteiger partial charge is 0.338 e. The number of hydrogen-bond donors (Lipinski definition) is 1. The first kappa shape index (κ1) is 9.38. The molecular weight excluding hydrogens is 174 g/mol. The fourth-order valence-electron chi connectivity index (χ4n) is 0.729. The van der Waals surface area contributed by atoms with Crippen molar-refractivity contribution >= 4 is 17.8 Å². The summed E-state index contributed by atoms with van der Waals surface area (Å²) in [7, 11) is 0. The van der Waals surface area contributed by atoms with Gasteiger partial charge in [-0.05, 0) is 12.7 Å². The van der Waals surface area contributed by atoms with E-state index in [-0.39, 0.29) is 0 Å². The maximum absolute atomic E-state index is 4.92. The van der Waals surface area contributed by atoms with E-state index >= 15 is 0 Å². The molecule has 0 spiro atoms. The molecule has 0 atom stereocenters. The SMILES string of the molecule is CCNc1nc(CSCC)no1. The monoisotopic (exact) mass is 187 g/mol. The van der Waals surface area contributed by atoms with Crippen LogP contribution in [0.1, 0.15) is 19.7 Å². The van der Waals surface area contributed by atoms with Crippen molar-refractivity contribution < 1.29 is 4.52 Å². The summed E-state index contributed by atoms with van der Waals surface area (Å²) in [5, 5.41) is 6.76. The van der Waals surface area contributed by atoms with Gasteiger partial charge >= 0.3 is 6.01 Å². The number of nitrogens with zero attached hydrogens (tertiary/aromatic N) is 2. The molecule has 0 aliphatic heterocycles. The first-order valence-corrected chi connectivity index (χ1v) is 5.16. The minimum absolute atomic E-state index is 0.518. The number of thioether (sulfide) groups is 1. The number of aromatic nitrogens is 2. The molecule has 1 heterocycles. The van der Waals surface area contributed by atoms with E-state index in [0.717, 1.165) is 23.9 Å². The Morgan fingerprint density at radius 3 is 3.00 bits per heavy atom. The van der Waals surface area contributed by atoms with Crippen molar-refractivity contribution in [1.29, 1.82) is 0 Å². The van der Waals surface area contributed by atoms with Crippen LogP contribution in [0, 0.1) is 0 Å². The molecule has 12 heavy (non-hydrogen) atoms. The molecule has 1 aromatic rings. The van der Waals surface area contributed by atoms with E-state index in [1.165, 1.54) is 0 Å². The van der Waals surface area contributed by atoms with Crippen LogP contribution in [0.25, 0.3) is 0 Å². The molecule has 0 aliphatic carbocycles. The highest BCUT2D eigenvalue weighted by molar-refractivity contribution is 7.98. The molecule has 0 fully saturated rings. The lowest BCUT2D eigenvalue weighted by atomic mass is 10.7. The predicted octanol–water partition coefficient (Wildman–Crippen LogP) is 1.75. The lowest BCUT2D eigenvalue weighted by Gasteiger charge is -1.90. The van der Waals surface area contributed by atoms with Gasteiger partial charge in [0.05, 0.1) is 5.75 Å². The molecule has 0 unspecified atom stereocenters. The Labute approximate surface area is 76.1 Å². The average molecular weight is 187 g/mol. The van der Waals surface area contributed by atoms with E-state index < -0.39 is 0 Å². The number of anilines is 1. The lowest BCUT2D eigenvalue weighted by molar-refractivity contribution is 0.425. The summed E-state index contributed by atoms with van der Waals surface area (Å²) in [6, 6.07) is 0.518. The van der Waals surface area contributed by atoms with Crippen molar-refractivity contribution in [1.82, 2.24) is 10.1 Å².